The third kappa shape index (κ3) is 9.50. The fourth-order valence-electron chi connectivity index (χ4n) is 7.97. The maximum Gasteiger partial charge on any atom is 0.407 e. The van der Waals surface area contributed by atoms with Gasteiger partial charge in [0.2, 0.25) is 27.7 Å². The number of ether oxygens (including phenoxy) is 3. The summed E-state index contributed by atoms with van der Waals surface area (Å²) in [6, 6.07) is 6.49. The van der Waals surface area contributed by atoms with Crippen LogP contribution in [0.5, 0.6) is 11.6 Å². The Hall–Kier alpha value is -4.40. The average Bonchev–Trinajstić information content (AvgIpc) is 4.02. The lowest BCUT2D eigenvalue weighted by Gasteiger charge is -2.33. The first-order chi connectivity index (χ1) is 26.9. The van der Waals surface area contributed by atoms with Crippen molar-refractivity contribution in [3.05, 3.63) is 42.6 Å². The molecule has 0 spiro atoms. The topological polar surface area (TPSA) is 182 Å². The number of nitrogens with one attached hydrogen (secondary N) is 3. The molecule has 3 N–H and O–H groups in total. The smallest absolute Gasteiger partial charge is 0.407 e. The number of benzene rings is 1. The summed E-state index contributed by atoms with van der Waals surface area (Å²) < 4.78 is 45.7. The summed E-state index contributed by atoms with van der Waals surface area (Å²) in [6.45, 7) is 13.5. The Morgan fingerprint density at radius 1 is 1.09 bits per heavy atom. The summed E-state index contributed by atoms with van der Waals surface area (Å²) in [5.74, 6) is -1.93. The van der Waals surface area contributed by atoms with Crippen molar-refractivity contribution in [2.45, 2.75) is 128 Å². The van der Waals surface area contributed by atoms with Crippen LogP contribution < -0.4 is 24.8 Å². The number of sulfonamides is 1. The van der Waals surface area contributed by atoms with Crippen LogP contribution >= 0.6 is 0 Å². The summed E-state index contributed by atoms with van der Waals surface area (Å²) in [5.41, 5.74) is -2.26. The van der Waals surface area contributed by atoms with E-state index in [2.05, 4.69) is 27.3 Å². The molecular weight excluding hydrogens is 751 g/mol. The molecule has 1 aromatic carbocycles. The van der Waals surface area contributed by atoms with Gasteiger partial charge in [-0.15, -0.1) is 0 Å². The number of nitrogens with zero attached hydrogens (tertiary/aromatic N) is 2. The van der Waals surface area contributed by atoms with E-state index in [9.17, 15) is 27.6 Å². The van der Waals surface area contributed by atoms with Crippen LogP contribution in [0.15, 0.2) is 42.6 Å². The van der Waals surface area contributed by atoms with E-state index in [-0.39, 0.29) is 43.7 Å². The van der Waals surface area contributed by atoms with Crippen molar-refractivity contribution in [1.82, 2.24) is 25.2 Å². The molecule has 3 heterocycles. The number of rotatable bonds is 10. The van der Waals surface area contributed by atoms with Gasteiger partial charge in [0.05, 0.1) is 30.0 Å². The molecule has 4 aliphatic rings. The largest absolute Gasteiger partial charge is 0.491 e. The van der Waals surface area contributed by atoms with Crippen LogP contribution in [0.1, 0.15) is 99.8 Å². The number of carbonyl (C=O) groups is 4. The van der Waals surface area contributed by atoms with Crippen LogP contribution in [0.25, 0.3) is 10.8 Å². The van der Waals surface area contributed by atoms with Crippen LogP contribution in [-0.2, 0) is 29.1 Å². The lowest BCUT2D eigenvalue weighted by atomic mass is 9.83. The van der Waals surface area contributed by atoms with Gasteiger partial charge in [0.25, 0.3) is 5.91 Å². The number of alkyl carbamates (subject to hydrolysis) is 1. The summed E-state index contributed by atoms with van der Waals surface area (Å²) >= 11 is 0. The fraction of sp³-hybridized carbons (Fsp3) is 0.643. The highest BCUT2D eigenvalue weighted by atomic mass is 32.2. The molecule has 15 heteroatoms. The number of hydrogen-bond acceptors (Lipinski definition) is 10. The van der Waals surface area contributed by atoms with Gasteiger partial charge in [-0.3, -0.25) is 19.1 Å². The van der Waals surface area contributed by atoms with E-state index in [0.717, 1.165) is 18.2 Å². The SMILES string of the molecule is CCCOc1cnc(OC2CC3C(=O)NC4(C(=O)NS(=O)(=O)C5(C)CC5)CC4C=CCCC(C)CC(C)C(CNC(=O)OC(C)(C)C)C(=O)N3C2)c2ccccc12. The van der Waals surface area contributed by atoms with Crippen molar-refractivity contribution < 1.29 is 41.8 Å². The molecule has 57 heavy (non-hydrogen) atoms. The number of carbonyl (C=O) groups excluding carboxylic acids is 4. The van der Waals surface area contributed by atoms with Crippen LogP contribution in [0.4, 0.5) is 4.79 Å². The summed E-state index contributed by atoms with van der Waals surface area (Å²) in [4.78, 5) is 62.4. The zero-order valence-electron chi connectivity index (χ0n) is 34.3. The molecule has 1 aromatic heterocycles. The first kappa shape index (κ1) is 42.2. The molecule has 14 nitrogen and oxygen atoms in total. The third-order valence-electron chi connectivity index (χ3n) is 11.7. The number of allylic oxidation sites excluding steroid dienone is 1. The van der Waals surface area contributed by atoms with E-state index >= 15 is 0 Å². The third-order valence-corrected chi connectivity index (χ3v) is 13.9. The first-order valence-electron chi connectivity index (χ1n) is 20.4. The van der Waals surface area contributed by atoms with Gasteiger partial charge in [-0.1, -0.05) is 51.1 Å². The van der Waals surface area contributed by atoms with Crippen molar-refractivity contribution in [1.29, 1.82) is 0 Å². The fourth-order valence-corrected chi connectivity index (χ4v) is 9.28. The average molecular weight is 810 g/mol. The van der Waals surface area contributed by atoms with Gasteiger partial charge in [-0.25, -0.2) is 18.2 Å². The van der Waals surface area contributed by atoms with Gasteiger partial charge in [-0.2, -0.15) is 0 Å². The molecule has 2 aliphatic heterocycles. The van der Waals surface area contributed by atoms with Crippen molar-refractivity contribution in [2.24, 2.45) is 23.7 Å². The zero-order chi connectivity index (χ0) is 41.3. The maximum atomic E-state index is 14.9. The molecule has 0 radical (unpaired) electrons. The van der Waals surface area contributed by atoms with Crippen molar-refractivity contribution in [3.63, 3.8) is 0 Å². The molecule has 2 saturated carbocycles. The Labute approximate surface area is 336 Å². The highest BCUT2D eigenvalue weighted by molar-refractivity contribution is 7.91. The molecule has 4 amide bonds. The first-order valence-corrected chi connectivity index (χ1v) is 21.8. The van der Waals surface area contributed by atoms with E-state index in [4.69, 9.17) is 14.2 Å². The second-order valence-corrected chi connectivity index (χ2v) is 20.0. The van der Waals surface area contributed by atoms with Crippen molar-refractivity contribution >= 4 is 44.6 Å². The second kappa shape index (κ2) is 16.5. The minimum absolute atomic E-state index is 0.0195. The van der Waals surface area contributed by atoms with E-state index in [0.29, 0.717) is 49.3 Å². The van der Waals surface area contributed by atoms with E-state index in [1.165, 1.54) is 4.90 Å². The predicted molar refractivity (Wildman–Crippen MR) is 215 cm³/mol. The Kier molecular flexibility index (Phi) is 12.2. The molecule has 0 bridgehead atoms. The number of fused-ring (bicyclic) bond motifs is 3. The normalized spacial score (nSPS) is 28.9. The summed E-state index contributed by atoms with van der Waals surface area (Å²) in [7, 11) is -3.99. The molecule has 312 valence electrons. The van der Waals surface area contributed by atoms with Gasteiger partial charge in [-0.05, 0) is 90.5 Å². The zero-order valence-corrected chi connectivity index (χ0v) is 35.1. The molecule has 6 rings (SSSR count). The van der Waals surface area contributed by atoms with Gasteiger partial charge >= 0.3 is 6.09 Å². The van der Waals surface area contributed by atoms with Gasteiger partial charge in [0.15, 0.2) is 0 Å². The molecule has 3 fully saturated rings. The molecule has 2 aromatic rings. The Balaban J connectivity index is 1.33. The molecule has 2 aliphatic carbocycles. The van der Waals surface area contributed by atoms with Gasteiger partial charge in [0.1, 0.15) is 29.0 Å². The minimum Gasteiger partial charge on any atom is -0.491 e. The van der Waals surface area contributed by atoms with Crippen molar-refractivity contribution in [3.8, 4) is 11.6 Å². The highest BCUT2D eigenvalue weighted by Gasteiger charge is 2.63. The van der Waals surface area contributed by atoms with E-state index < -0.39 is 67.8 Å². The van der Waals surface area contributed by atoms with Crippen LogP contribution in [0.3, 0.4) is 0 Å². The van der Waals surface area contributed by atoms with E-state index in [1.54, 1.807) is 33.9 Å². The quantitative estimate of drug-likeness (QED) is 0.263. The summed E-state index contributed by atoms with van der Waals surface area (Å²) in [5, 5.41) is 7.26. The minimum atomic E-state index is -3.99. The number of amides is 4. The molecular formula is C42H59N5O9S. The predicted octanol–water partition coefficient (Wildman–Crippen LogP) is 5.40. The van der Waals surface area contributed by atoms with Crippen LogP contribution in [0.2, 0.25) is 0 Å². The van der Waals surface area contributed by atoms with Crippen molar-refractivity contribution in [2.75, 3.05) is 19.7 Å². The second-order valence-electron chi connectivity index (χ2n) is 17.8. The van der Waals surface area contributed by atoms with Crippen LogP contribution in [0, 0.1) is 23.7 Å². The lowest BCUT2D eigenvalue weighted by Crippen LogP contribution is -2.58. The van der Waals surface area contributed by atoms with Crippen LogP contribution in [-0.4, -0.2) is 89.8 Å². The number of pyridine rings is 1. The maximum absolute atomic E-state index is 14.9. The summed E-state index contributed by atoms with van der Waals surface area (Å²) in [6.07, 6.45) is 8.34. The van der Waals surface area contributed by atoms with Gasteiger partial charge < -0.3 is 29.7 Å². The molecule has 7 atom stereocenters. The monoisotopic (exact) mass is 809 g/mol. The molecule has 7 unspecified atom stereocenters. The number of hydrogen-bond donors (Lipinski definition) is 3. The molecule has 1 saturated heterocycles. The standard InChI is InChI=1S/C42H59N5O9S/c1-8-19-54-34-24-43-36(31-16-12-11-15-30(31)34)55-29-21-33-35(48)45-42(38(50)46-57(52,53)41(7)17-18-41)22-28(42)14-10-9-13-26(2)20-27(3)32(37(49)47(33)25-29)23-44-39(51)56-40(4,5)6/h10-12,14-16,24,26-29,32-33H,8-9,13,17-23,25H2,1-7H3,(H,44,51)(H,45,48)(H,46,50). The Morgan fingerprint density at radius 3 is 2.49 bits per heavy atom. The lowest BCUT2D eigenvalue weighted by molar-refractivity contribution is -0.143. The van der Waals surface area contributed by atoms with E-state index in [1.807, 2.05) is 50.3 Å². The highest BCUT2D eigenvalue weighted by Crippen LogP contribution is 2.48. The Morgan fingerprint density at radius 2 is 1.81 bits per heavy atom. The number of aromatic nitrogens is 1. The Bertz CT molecular complexity index is 1990. The van der Waals surface area contributed by atoms with Gasteiger partial charge in [0, 0.05) is 29.7 Å².